The second-order valence-electron chi connectivity index (χ2n) is 2.02. The molecule has 90 valence electrons. The number of hydrogen-bond acceptors (Lipinski definition) is 1. The van der Waals surface area contributed by atoms with Crippen LogP contribution in [0.15, 0.2) is 30.3 Å². The Bertz CT molecular complexity index is 180. The van der Waals surface area contributed by atoms with Crippen LogP contribution in [0.1, 0.15) is 5.56 Å². The van der Waals surface area contributed by atoms with Crippen molar-refractivity contribution in [2.75, 3.05) is 6.54 Å². The zero-order valence-corrected chi connectivity index (χ0v) is 18.9. The zero-order chi connectivity index (χ0) is 6.53. The van der Waals surface area contributed by atoms with Gasteiger partial charge >= 0.3 is 48.2 Å². The molecule has 0 saturated carbocycles. The second kappa shape index (κ2) is 25.5. The Kier molecular flexibility index (Phi) is 61.4. The summed E-state index contributed by atoms with van der Waals surface area (Å²) in [6, 6.07) is 10.3. The summed E-state index contributed by atoms with van der Waals surface area (Å²) in [6.07, 6.45) is 0.987. The molecule has 0 atom stereocenters. The largest absolute Gasteiger partial charge is 3.00 e. The van der Waals surface area contributed by atoms with Gasteiger partial charge in [-0.25, -0.2) is 0 Å². The van der Waals surface area contributed by atoms with Crippen molar-refractivity contribution in [1.82, 2.24) is 0 Å². The fourth-order valence-corrected chi connectivity index (χ4v) is 0.811. The third-order valence-electron chi connectivity index (χ3n) is 1.28. The standard InChI is InChI=1S/C8H11N.Ag.4BrH.In/c9-7-6-8-4-2-1-3-5-8;;;;;;/h1-5H,6-7,9H2;;4*1H;/q;+1;;;;;+3/p-4. The molecule has 0 radical (unpaired) electrons. The van der Waals surface area contributed by atoms with Crippen LogP contribution in [-0.2, 0) is 28.8 Å². The van der Waals surface area contributed by atoms with E-state index in [2.05, 4.69) is 12.1 Å². The minimum Gasteiger partial charge on any atom is -1.00 e. The minimum absolute atomic E-state index is 0. The van der Waals surface area contributed by atoms with E-state index >= 15 is 0 Å². The van der Waals surface area contributed by atoms with Crippen molar-refractivity contribution in [2.45, 2.75) is 6.42 Å². The quantitative estimate of drug-likeness (QED) is 0.313. The molecule has 0 amide bonds. The van der Waals surface area contributed by atoms with E-state index in [4.69, 9.17) is 5.73 Å². The summed E-state index contributed by atoms with van der Waals surface area (Å²) in [5.74, 6) is 0. The molecule has 15 heavy (non-hydrogen) atoms. The Labute approximate surface area is 168 Å². The van der Waals surface area contributed by atoms with Gasteiger partial charge in [0.2, 0.25) is 0 Å². The first-order valence-electron chi connectivity index (χ1n) is 3.17. The molecule has 0 aromatic heterocycles. The Morgan fingerprint density at radius 1 is 0.867 bits per heavy atom. The van der Waals surface area contributed by atoms with Crippen molar-refractivity contribution < 1.29 is 90.3 Å². The van der Waals surface area contributed by atoms with Crippen LogP contribution in [0.25, 0.3) is 0 Å². The van der Waals surface area contributed by atoms with Gasteiger partial charge in [0.05, 0.1) is 0 Å². The van der Waals surface area contributed by atoms with Gasteiger partial charge in [0.1, 0.15) is 0 Å². The van der Waals surface area contributed by atoms with Crippen LogP contribution < -0.4 is 73.7 Å². The van der Waals surface area contributed by atoms with E-state index < -0.39 is 0 Å². The summed E-state index contributed by atoms with van der Waals surface area (Å²) in [7, 11) is 0. The van der Waals surface area contributed by atoms with Crippen molar-refractivity contribution in [1.29, 1.82) is 0 Å². The van der Waals surface area contributed by atoms with Crippen molar-refractivity contribution in [3.05, 3.63) is 35.9 Å². The summed E-state index contributed by atoms with van der Waals surface area (Å²) in [5.41, 5.74) is 6.68. The van der Waals surface area contributed by atoms with E-state index in [0.29, 0.717) is 0 Å². The first-order chi connectivity index (χ1) is 4.43. The van der Waals surface area contributed by atoms with Gasteiger partial charge in [0.15, 0.2) is 0 Å². The van der Waals surface area contributed by atoms with E-state index in [-0.39, 0.29) is 116 Å². The average molecular weight is 663 g/mol. The predicted octanol–water partition coefficient (Wildman–Crippen LogP) is -11.2. The monoisotopic (exact) mass is 659 g/mol. The molecule has 7 heteroatoms. The number of rotatable bonds is 2. The van der Waals surface area contributed by atoms with Crippen LogP contribution in [0.2, 0.25) is 0 Å². The zero-order valence-electron chi connectivity index (χ0n) is 7.77. The number of benzene rings is 1. The second-order valence-corrected chi connectivity index (χ2v) is 2.02. The number of halogens is 4. The number of nitrogens with two attached hydrogens (primary N) is 1. The van der Waals surface area contributed by atoms with Gasteiger partial charge in [-0.05, 0) is 18.5 Å². The molecule has 0 fully saturated rings. The van der Waals surface area contributed by atoms with Crippen molar-refractivity contribution in [2.24, 2.45) is 5.73 Å². The smallest absolute Gasteiger partial charge is 1.00 e. The van der Waals surface area contributed by atoms with Crippen LogP contribution in [0.5, 0.6) is 0 Å². The van der Waals surface area contributed by atoms with Crippen LogP contribution >= 0.6 is 0 Å². The Morgan fingerprint density at radius 3 is 1.60 bits per heavy atom. The van der Waals surface area contributed by atoms with Crippen LogP contribution in [0, 0.1) is 0 Å². The SMILES string of the molecule is NCCc1ccccc1.[Ag+].[Br-].[Br-].[Br-].[Br-].[In+3]. The molecule has 0 spiro atoms. The molecule has 0 aliphatic heterocycles. The molecule has 0 bridgehead atoms. The maximum Gasteiger partial charge on any atom is 3.00 e. The summed E-state index contributed by atoms with van der Waals surface area (Å²) < 4.78 is 0. The normalized spacial score (nSPS) is 5.67. The summed E-state index contributed by atoms with van der Waals surface area (Å²) in [5, 5.41) is 0. The van der Waals surface area contributed by atoms with Gasteiger partial charge in [-0.2, -0.15) is 0 Å². The van der Waals surface area contributed by atoms with E-state index in [1.807, 2.05) is 18.2 Å². The third-order valence-corrected chi connectivity index (χ3v) is 1.28. The average Bonchev–Trinajstić information content (AvgIpc) is 1.91. The van der Waals surface area contributed by atoms with E-state index in [0.717, 1.165) is 13.0 Å². The first kappa shape index (κ1) is 36.1. The molecule has 1 aromatic rings. The van der Waals surface area contributed by atoms with E-state index in [9.17, 15) is 0 Å². The minimum atomic E-state index is 0. The molecule has 0 saturated heterocycles. The molecular weight excluding hydrogens is 652 g/mol. The fraction of sp³-hybridized carbons (Fsp3) is 0.250. The molecule has 2 N–H and O–H groups in total. The molecule has 0 aliphatic carbocycles. The molecule has 0 unspecified atom stereocenters. The summed E-state index contributed by atoms with van der Waals surface area (Å²) in [6.45, 7) is 0.740. The van der Waals surface area contributed by atoms with Crippen molar-refractivity contribution >= 4 is 25.8 Å². The van der Waals surface area contributed by atoms with E-state index in [1.165, 1.54) is 5.56 Å². The molecular formula is C8H11AgBr4InN. The van der Waals surface area contributed by atoms with Gasteiger partial charge in [-0.1, -0.05) is 30.3 Å². The first-order valence-corrected chi connectivity index (χ1v) is 3.17. The van der Waals surface area contributed by atoms with Gasteiger partial charge in [0, 0.05) is 0 Å². The molecule has 0 heterocycles. The fourth-order valence-electron chi connectivity index (χ4n) is 0.811. The van der Waals surface area contributed by atoms with Crippen LogP contribution in [0.3, 0.4) is 0 Å². The van der Waals surface area contributed by atoms with Crippen molar-refractivity contribution in [3.63, 3.8) is 0 Å². The van der Waals surface area contributed by atoms with Crippen LogP contribution in [-0.4, -0.2) is 32.4 Å². The maximum absolute atomic E-state index is 5.36. The molecule has 1 aromatic carbocycles. The molecule has 0 aliphatic rings. The molecule has 1 rings (SSSR count). The van der Waals surface area contributed by atoms with Gasteiger partial charge < -0.3 is 73.7 Å². The Hall–Kier alpha value is 2.71. The third kappa shape index (κ3) is 19.2. The van der Waals surface area contributed by atoms with Gasteiger partial charge in [0.25, 0.3) is 0 Å². The molecule has 1 nitrogen and oxygen atoms in total. The van der Waals surface area contributed by atoms with Gasteiger partial charge in [-0.3, -0.25) is 0 Å². The topological polar surface area (TPSA) is 26.0 Å². The van der Waals surface area contributed by atoms with Gasteiger partial charge in [-0.15, -0.1) is 0 Å². The van der Waals surface area contributed by atoms with E-state index in [1.54, 1.807) is 0 Å². The predicted molar refractivity (Wildman–Crippen MR) is 45.0 cm³/mol. The summed E-state index contributed by atoms with van der Waals surface area (Å²) in [4.78, 5) is 0. The Morgan fingerprint density at radius 2 is 1.27 bits per heavy atom. The van der Waals surface area contributed by atoms with Crippen molar-refractivity contribution in [3.8, 4) is 0 Å². The van der Waals surface area contributed by atoms with Crippen LogP contribution in [0.4, 0.5) is 0 Å². The Balaban J connectivity index is -0.0000000337. The summed E-state index contributed by atoms with van der Waals surface area (Å²) >= 11 is 0. The number of hydrogen-bond donors (Lipinski definition) is 1. The maximum atomic E-state index is 5.36.